The molecule has 4 heteroatoms. The van der Waals surface area contributed by atoms with Crippen molar-refractivity contribution in [2.75, 3.05) is 0 Å². The molecule has 0 aliphatic rings. The van der Waals surface area contributed by atoms with Gasteiger partial charge in [-0.3, -0.25) is 0 Å². The molecule has 0 atom stereocenters. The molecule has 2 aromatic heterocycles. The highest BCUT2D eigenvalue weighted by molar-refractivity contribution is 6.19. The summed E-state index contributed by atoms with van der Waals surface area (Å²) < 4.78 is 6.49. The zero-order chi connectivity index (χ0) is 32.3. The second kappa shape index (κ2) is 11.0. The highest BCUT2D eigenvalue weighted by Crippen LogP contribution is 2.42. The zero-order valence-electron chi connectivity index (χ0n) is 26.3. The first-order valence-electron chi connectivity index (χ1n) is 16.5. The van der Waals surface area contributed by atoms with E-state index < -0.39 is 0 Å². The molecule has 0 bridgehead atoms. The van der Waals surface area contributed by atoms with Gasteiger partial charge in [-0.1, -0.05) is 152 Å². The largest absolute Gasteiger partial charge is 0.455 e. The van der Waals surface area contributed by atoms with E-state index in [2.05, 4.69) is 127 Å². The third-order valence-corrected chi connectivity index (χ3v) is 9.52. The molecule has 10 rings (SSSR count). The quantitative estimate of drug-likeness (QED) is 0.144. The van der Waals surface area contributed by atoms with Crippen LogP contribution in [0, 0.1) is 0 Å². The van der Waals surface area contributed by atoms with Crippen LogP contribution in [0.25, 0.3) is 99.5 Å². The summed E-state index contributed by atoms with van der Waals surface area (Å²) in [6, 6.07) is 56.8. The molecule has 0 aliphatic carbocycles. The first-order chi connectivity index (χ1) is 24.3. The number of nitrogens with zero attached hydrogens (tertiary/aromatic N) is 3. The summed E-state index contributed by atoms with van der Waals surface area (Å²) in [5.74, 6) is 1.87. The van der Waals surface area contributed by atoms with E-state index in [0.29, 0.717) is 17.5 Å². The number of furan rings is 1. The van der Waals surface area contributed by atoms with E-state index in [0.717, 1.165) is 65.9 Å². The lowest BCUT2D eigenvalue weighted by atomic mass is 9.93. The standard InChI is InChI=1S/C45H27N3O/c1-2-14-29(15-3-1)43-46-44(38-21-9-8-19-33(38)36-22-12-23-37-34-20-10-11-24-40(34)49-42(36)37)48-45(47-43)41-32-18-7-5-16-30(32)27-39-31-17-6-4-13-28(31)25-26-35(39)41/h1-27H. The van der Waals surface area contributed by atoms with Gasteiger partial charge in [-0.25, -0.2) is 15.0 Å². The smallest absolute Gasteiger partial charge is 0.165 e. The minimum Gasteiger partial charge on any atom is -0.455 e. The number of rotatable bonds is 4. The van der Waals surface area contributed by atoms with Crippen LogP contribution in [-0.4, -0.2) is 15.0 Å². The van der Waals surface area contributed by atoms with Gasteiger partial charge in [0.25, 0.3) is 0 Å². The summed E-state index contributed by atoms with van der Waals surface area (Å²) in [6.07, 6.45) is 0. The second-order valence-corrected chi connectivity index (χ2v) is 12.4. The Labute approximate surface area is 282 Å². The normalized spacial score (nSPS) is 11.7. The van der Waals surface area contributed by atoms with Gasteiger partial charge in [-0.15, -0.1) is 0 Å². The molecule has 0 amide bonds. The van der Waals surface area contributed by atoms with Crippen molar-refractivity contribution in [3.63, 3.8) is 0 Å². The first kappa shape index (κ1) is 27.5. The number of hydrogen-bond donors (Lipinski definition) is 0. The van der Waals surface area contributed by atoms with Gasteiger partial charge in [0.05, 0.1) is 0 Å². The van der Waals surface area contributed by atoms with Gasteiger partial charge in [-0.2, -0.15) is 0 Å². The molecule has 8 aromatic carbocycles. The Kier molecular flexibility index (Phi) is 6.15. The van der Waals surface area contributed by atoms with Crippen LogP contribution in [0.3, 0.4) is 0 Å². The molecule has 0 N–H and O–H groups in total. The van der Waals surface area contributed by atoms with Gasteiger partial charge in [0.2, 0.25) is 0 Å². The van der Waals surface area contributed by atoms with Crippen molar-refractivity contribution in [1.29, 1.82) is 0 Å². The minimum absolute atomic E-state index is 0.606. The Morgan fingerprint density at radius 2 is 0.980 bits per heavy atom. The third kappa shape index (κ3) is 4.42. The zero-order valence-corrected chi connectivity index (χ0v) is 26.3. The van der Waals surface area contributed by atoms with Crippen molar-refractivity contribution < 1.29 is 4.42 Å². The second-order valence-electron chi connectivity index (χ2n) is 12.4. The monoisotopic (exact) mass is 625 g/mol. The van der Waals surface area contributed by atoms with E-state index in [4.69, 9.17) is 19.4 Å². The Morgan fingerprint density at radius 1 is 0.347 bits per heavy atom. The fourth-order valence-electron chi connectivity index (χ4n) is 7.26. The summed E-state index contributed by atoms with van der Waals surface area (Å²) in [5, 5.41) is 9.10. The van der Waals surface area contributed by atoms with Crippen molar-refractivity contribution in [3.8, 4) is 45.3 Å². The molecule has 10 aromatic rings. The topological polar surface area (TPSA) is 51.8 Å². The molecule has 0 saturated carbocycles. The van der Waals surface area contributed by atoms with E-state index in [1.165, 1.54) is 16.2 Å². The van der Waals surface area contributed by atoms with Crippen molar-refractivity contribution in [2.45, 2.75) is 0 Å². The predicted molar refractivity (Wildman–Crippen MR) is 201 cm³/mol. The van der Waals surface area contributed by atoms with E-state index in [-0.39, 0.29) is 0 Å². The van der Waals surface area contributed by atoms with Gasteiger partial charge in [-0.05, 0) is 50.0 Å². The molecule has 0 aliphatic heterocycles. The number of benzene rings is 8. The fraction of sp³-hybridized carbons (Fsp3) is 0. The predicted octanol–water partition coefficient (Wildman–Crippen LogP) is 11.9. The number of hydrogen-bond acceptors (Lipinski definition) is 4. The molecule has 0 saturated heterocycles. The highest BCUT2D eigenvalue weighted by Gasteiger charge is 2.21. The Bertz CT molecular complexity index is 2890. The average Bonchev–Trinajstić information content (AvgIpc) is 3.56. The number of aromatic nitrogens is 3. The van der Waals surface area contributed by atoms with Gasteiger partial charge in [0.1, 0.15) is 11.2 Å². The van der Waals surface area contributed by atoms with Gasteiger partial charge < -0.3 is 4.42 Å². The molecule has 0 radical (unpaired) electrons. The SMILES string of the molecule is c1ccc(-c2nc(-c3ccccc3-c3cccc4c3oc3ccccc34)nc(-c3c4ccccc4cc4c3ccc3ccccc34)n2)cc1. The number of para-hydroxylation sites is 2. The van der Waals surface area contributed by atoms with E-state index in [9.17, 15) is 0 Å². The van der Waals surface area contributed by atoms with Crippen LogP contribution in [0.4, 0.5) is 0 Å². The lowest BCUT2D eigenvalue weighted by Gasteiger charge is -2.15. The van der Waals surface area contributed by atoms with E-state index in [1.807, 2.05) is 36.4 Å². The maximum Gasteiger partial charge on any atom is 0.165 e. The molecule has 4 nitrogen and oxygen atoms in total. The summed E-state index contributed by atoms with van der Waals surface area (Å²) in [6.45, 7) is 0. The molecule has 0 fully saturated rings. The van der Waals surface area contributed by atoms with Crippen LogP contribution < -0.4 is 0 Å². The van der Waals surface area contributed by atoms with E-state index in [1.54, 1.807) is 0 Å². The van der Waals surface area contributed by atoms with Crippen LogP contribution in [-0.2, 0) is 0 Å². The van der Waals surface area contributed by atoms with Gasteiger partial charge in [0.15, 0.2) is 17.5 Å². The summed E-state index contributed by atoms with van der Waals surface area (Å²) >= 11 is 0. The highest BCUT2D eigenvalue weighted by atomic mass is 16.3. The lowest BCUT2D eigenvalue weighted by molar-refractivity contribution is 0.670. The Morgan fingerprint density at radius 3 is 1.86 bits per heavy atom. The van der Waals surface area contributed by atoms with Crippen LogP contribution in [0.1, 0.15) is 0 Å². The van der Waals surface area contributed by atoms with Crippen LogP contribution in [0.15, 0.2) is 168 Å². The van der Waals surface area contributed by atoms with Crippen molar-refractivity contribution in [2.24, 2.45) is 0 Å². The van der Waals surface area contributed by atoms with Gasteiger partial charge in [0, 0.05) is 33.0 Å². The van der Waals surface area contributed by atoms with Crippen molar-refractivity contribution in [1.82, 2.24) is 15.0 Å². The molecule has 0 unspecified atom stereocenters. The molecular weight excluding hydrogens is 599 g/mol. The Balaban J connectivity index is 1.28. The summed E-state index contributed by atoms with van der Waals surface area (Å²) in [5.41, 5.74) is 6.54. The minimum atomic E-state index is 0.606. The Hall–Kier alpha value is -6.65. The third-order valence-electron chi connectivity index (χ3n) is 9.52. The summed E-state index contributed by atoms with van der Waals surface area (Å²) in [7, 11) is 0. The van der Waals surface area contributed by atoms with Crippen molar-refractivity contribution >= 4 is 54.3 Å². The maximum atomic E-state index is 6.49. The van der Waals surface area contributed by atoms with Crippen molar-refractivity contribution in [3.05, 3.63) is 164 Å². The molecule has 2 heterocycles. The fourth-order valence-corrected chi connectivity index (χ4v) is 7.26. The average molecular weight is 626 g/mol. The van der Waals surface area contributed by atoms with Gasteiger partial charge >= 0.3 is 0 Å². The number of fused-ring (bicyclic) bond motifs is 7. The van der Waals surface area contributed by atoms with Crippen LogP contribution in [0.2, 0.25) is 0 Å². The first-order valence-corrected chi connectivity index (χ1v) is 16.5. The van der Waals surface area contributed by atoms with E-state index >= 15 is 0 Å². The molecule has 49 heavy (non-hydrogen) atoms. The van der Waals surface area contributed by atoms with Crippen LogP contribution in [0.5, 0.6) is 0 Å². The lowest BCUT2D eigenvalue weighted by Crippen LogP contribution is -2.02. The van der Waals surface area contributed by atoms with Crippen LogP contribution >= 0.6 is 0 Å². The summed E-state index contributed by atoms with van der Waals surface area (Å²) in [4.78, 5) is 15.7. The molecular formula is C45H27N3O. The molecule has 228 valence electrons. The molecule has 0 spiro atoms. The maximum absolute atomic E-state index is 6.49.